The lowest BCUT2D eigenvalue weighted by Gasteiger charge is -2.27. The number of hydrogen-bond acceptors (Lipinski definition) is 6. The maximum atomic E-state index is 12.8. The van der Waals surface area contributed by atoms with Crippen LogP contribution >= 0.6 is 22.6 Å². The number of amides is 4. The Balaban J connectivity index is 2.06. The zero-order valence-electron chi connectivity index (χ0n) is 12.8. The second-order valence-electron chi connectivity index (χ2n) is 5.63. The summed E-state index contributed by atoms with van der Waals surface area (Å²) in [4.78, 5) is 49.2. The molecule has 1 atom stereocenters. The molecule has 0 aliphatic carbocycles. The van der Waals surface area contributed by atoms with Crippen molar-refractivity contribution in [3.05, 3.63) is 29.3 Å². The average molecular weight is 476 g/mol. The Morgan fingerprint density at radius 2 is 1.88 bits per heavy atom. The molecule has 1 aromatic carbocycles. The molecule has 1 aromatic rings. The molecular formula is C15H13IN2O6S. The van der Waals surface area contributed by atoms with Gasteiger partial charge < -0.3 is 0 Å². The average Bonchev–Trinajstić information content (AvgIpc) is 2.79. The number of halogens is 1. The molecule has 2 heterocycles. The van der Waals surface area contributed by atoms with Gasteiger partial charge in [0.05, 0.1) is 21.8 Å². The van der Waals surface area contributed by atoms with Crippen LogP contribution in [0.1, 0.15) is 33.6 Å². The highest BCUT2D eigenvalue weighted by Gasteiger charge is 2.46. The van der Waals surface area contributed by atoms with Crippen LogP contribution in [0, 0.1) is 0 Å². The van der Waals surface area contributed by atoms with Gasteiger partial charge in [0.2, 0.25) is 11.8 Å². The van der Waals surface area contributed by atoms with Crippen LogP contribution in [-0.4, -0.2) is 53.2 Å². The standard InChI is InChI=1S/C15H13IN2O6S/c16-6-7-25(23,24)10-3-1-2-8-12(10)15(22)18(14(8)21)9-4-5-11(19)17-13(9)20/h1-3,9H,4-7H2,(H,17,19,20). The van der Waals surface area contributed by atoms with Gasteiger partial charge in [-0.1, -0.05) is 28.7 Å². The van der Waals surface area contributed by atoms with Crippen LogP contribution in [0.25, 0.3) is 0 Å². The number of fused-ring (bicyclic) bond motifs is 1. The van der Waals surface area contributed by atoms with Crippen molar-refractivity contribution < 1.29 is 27.6 Å². The minimum Gasteiger partial charge on any atom is -0.295 e. The van der Waals surface area contributed by atoms with E-state index in [1.807, 2.05) is 22.6 Å². The molecule has 0 aromatic heterocycles. The number of carbonyl (C=O) groups is 4. The predicted octanol–water partition coefficient (Wildman–Crippen LogP) is 0.297. The number of hydrogen-bond donors (Lipinski definition) is 1. The first-order chi connectivity index (χ1) is 11.8. The molecular weight excluding hydrogens is 463 g/mol. The second kappa shape index (κ2) is 6.48. The molecule has 10 heteroatoms. The SMILES string of the molecule is O=C1CCC(N2C(=O)c3cccc(S(=O)(=O)CCI)c3C2=O)C(=O)N1. The minimum atomic E-state index is -3.73. The summed E-state index contributed by atoms with van der Waals surface area (Å²) >= 11 is 1.91. The lowest BCUT2D eigenvalue weighted by molar-refractivity contribution is -0.136. The second-order valence-corrected chi connectivity index (χ2v) is 8.79. The van der Waals surface area contributed by atoms with Gasteiger partial charge in [0.15, 0.2) is 9.84 Å². The van der Waals surface area contributed by atoms with Crippen LogP contribution in [0.2, 0.25) is 0 Å². The highest BCUT2D eigenvalue weighted by molar-refractivity contribution is 14.1. The molecule has 1 N–H and O–H groups in total. The van der Waals surface area contributed by atoms with Gasteiger partial charge in [-0.2, -0.15) is 0 Å². The van der Waals surface area contributed by atoms with Gasteiger partial charge in [0.1, 0.15) is 6.04 Å². The summed E-state index contributed by atoms with van der Waals surface area (Å²) in [6, 6.07) is 2.94. The summed E-state index contributed by atoms with van der Waals surface area (Å²) in [5.41, 5.74) is -0.230. The lowest BCUT2D eigenvalue weighted by atomic mass is 10.0. The van der Waals surface area contributed by atoms with Crippen LogP contribution in [0.15, 0.2) is 23.1 Å². The first-order valence-electron chi connectivity index (χ1n) is 7.41. The van der Waals surface area contributed by atoms with Gasteiger partial charge >= 0.3 is 0 Å². The van der Waals surface area contributed by atoms with E-state index in [0.717, 1.165) is 4.90 Å². The fourth-order valence-electron chi connectivity index (χ4n) is 2.95. The highest BCUT2D eigenvalue weighted by Crippen LogP contribution is 2.32. The third-order valence-electron chi connectivity index (χ3n) is 4.11. The number of piperidine rings is 1. The number of alkyl halides is 1. The summed E-state index contributed by atoms with van der Waals surface area (Å²) in [7, 11) is -3.73. The molecule has 0 bridgehead atoms. The van der Waals surface area contributed by atoms with E-state index < -0.39 is 39.5 Å². The Morgan fingerprint density at radius 3 is 2.52 bits per heavy atom. The summed E-state index contributed by atoms with van der Waals surface area (Å²) in [5, 5.41) is 2.10. The summed E-state index contributed by atoms with van der Waals surface area (Å²) in [5.74, 6) is -2.90. The van der Waals surface area contributed by atoms with E-state index in [1.165, 1.54) is 18.2 Å². The van der Waals surface area contributed by atoms with Crippen molar-refractivity contribution in [3.63, 3.8) is 0 Å². The fourth-order valence-corrected chi connectivity index (χ4v) is 5.91. The monoisotopic (exact) mass is 476 g/mol. The largest absolute Gasteiger partial charge is 0.295 e. The van der Waals surface area contributed by atoms with Crippen molar-refractivity contribution >= 4 is 56.1 Å². The van der Waals surface area contributed by atoms with Gasteiger partial charge in [0, 0.05) is 10.8 Å². The molecule has 25 heavy (non-hydrogen) atoms. The number of benzene rings is 1. The number of carbonyl (C=O) groups excluding carboxylic acids is 4. The van der Waals surface area contributed by atoms with Crippen LogP contribution < -0.4 is 5.32 Å². The summed E-state index contributed by atoms with van der Waals surface area (Å²) in [6.07, 6.45) is 0.0236. The van der Waals surface area contributed by atoms with E-state index >= 15 is 0 Å². The Morgan fingerprint density at radius 1 is 1.16 bits per heavy atom. The van der Waals surface area contributed by atoms with Gasteiger partial charge in [-0.3, -0.25) is 29.4 Å². The molecule has 0 saturated carbocycles. The van der Waals surface area contributed by atoms with Crippen molar-refractivity contribution in [2.45, 2.75) is 23.8 Å². The Kier molecular flexibility index (Phi) is 4.66. The van der Waals surface area contributed by atoms with Crippen molar-refractivity contribution in [1.82, 2.24) is 10.2 Å². The Hall–Kier alpha value is -1.82. The third-order valence-corrected chi connectivity index (χ3v) is 7.13. The Labute approximate surface area is 157 Å². The molecule has 4 amide bonds. The molecule has 3 rings (SSSR count). The van der Waals surface area contributed by atoms with E-state index in [1.54, 1.807) is 0 Å². The quantitative estimate of drug-likeness (QED) is 0.380. The topological polar surface area (TPSA) is 118 Å². The number of sulfone groups is 1. The first kappa shape index (κ1) is 18.0. The van der Waals surface area contributed by atoms with Gasteiger partial charge in [-0.15, -0.1) is 0 Å². The third kappa shape index (κ3) is 2.97. The minimum absolute atomic E-state index is 0.00377. The van der Waals surface area contributed by atoms with Crippen molar-refractivity contribution in [1.29, 1.82) is 0 Å². The zero-order chi connectivity index (χ0) is 18.4. The van der Waals surface area contributed by atoms with Crippen LogP contribution in [0.3, 0.4) is 0 Å². The highest BCUT2D eigenvalue weighted by atomic mass is 127. The molecule has 0 radical (unpaired) electrons. The van der Waals surface area contributed by atoms with Crippen molar-refractivity contribution in [3.8, 4) is 0 Å². The zero-order valence-corrected chi connectivity index (χ0v) is 15.8. The van der Waals surface area contributed by atoms with Crippen molar-refractivity contribution in [2.24, 2.45) is 0 Å². The van der Waals surface area contributed by atoms with Crippen molar-refractivity contribution in [2.75, 3.05) is 10.2 Å². The van der Waals surface area contributed by atoms with Gasteiger partial charge in [0.25, 0.3) is 11.8 Å². The van der Waals surface area contributed by atoms with Crippen LogP contribution in [0.4, 0.5) is 0 Å². The van der Waals surface area contributed by atoms with Gasteiger partial charge in [-0.25, -0.2) is 8.42 Å². The van der Waals surface area contributed by atoms with Gasteiger partial charge in [-0.05, 0) is 18.6 Å². The maximum absolute atomic E-state index is 12.8. The van der Waals surface area contributed by atoms with E-state index in [4.69, 9.17) is 0 Å². The van der Waals surface area contributed by atoms with Crippen LogP contribution in [0.5, 0.6) is 0 Å². The molecule has 8 nitrogen and oxygen atoms in total. The van der Waals surface area contributed by atoms with E-state index in [0.29, 0.717) is 4.43 Å². The summed E-state index contributed by atoms with van der Waals surface area (Å²) in [6.45, 7) is 0. The lowest BCUT2D eigenvalue weighted by Crippen LogP contribution is -2.54. The fraction of sp³-hybridized carbons (Fsp3) is 0.333. The number of rotatable bonds is 4. The first-order valence-corrected chi connectivity index (χ1v) is 10.6. The van der Waals surface area contributed by atoms with E-state index in [9.17, 15) is 27.6 Å². The summed E-state index contributed by atoms with van der Waals surface area (Å²) < 4.78 is 25.2. The maximum Gasteiger partial charge on any atom is 0.263 e. The normalized spacial score (nSPS) is 20.7. The number of nitrogens with zero attached hydrogens (tertiary/aromatic N) is 1. The van der Waals surface area contributed by atoms with Crippen LogP contribution in [-0.2, 0) is 19.4 Å². The van der Waals surface area contributed by atoms with E-state index in [-0.39, 0.29) is 34.6 Å². The molecule has 132 valence electrons. The predicted molar refractivity (Wildman–Crippen MR) is 94.1 cm³/mol. The van der Waals surface area contributed by atoms with E-state index in [2.05, 4.69) is 5.32 Å². The molecule has 1 unspecified atom stereocenters. The molecule has 2 aliphatic heterocycles. The molecule has 2 aliphatic rings. The number of imide groups is 2. The molecule has 1 fully saturated rings. The smallest absolute Gasteiger partial charge is 0.263 e. The molecule has 1 saturated heterocycles. The number of nitrogens with one attached hydrogen (secondary N) is 1. The molecule has 0 spiro atoms. The Bertz CT molecular complexity index is 911.